The van der Waals surface area contributed by atoms with E-state index >= 15 is 0 Å². The lowest BCUT2D eigenvalue weighted by Crippen LogP contribution is -2.30. The predicted octanol–water partition coefficient (Wildman–Crippen LogP) is 11.9. The highest BCUT2D eigenvalue weighted by Crippen LogP contribution is 2.62. The molecular formula is C49H29N3. The van der Waals surface area contributed by atoms with Crippen molar-refractivity contribution in [1.82, 2.24) is 14.5 Å². The molecule has 0 N–H and O–H groups in total. The second kappa shape index (κ2) is 10.1. The Balaban J connectivity index is 1.31. The number of hydrogen-bond acceptors (Lipinski definition) is 2. The van der Waals surface area contributed by atoms with Crippen LogP contribution in [0.2, 0.25) is 0 Å². The number of para-hydroxylation sites is 1. The number of aromatic nitrogens is 3. The first-order valence-electron chi connectivity index (χ1n) is 17.9. The summed E-state index contributed by atoms with van der Waals surface area (Å²) in [6.45, 7) is 0. The van der Waals surface area contributed by atoms with Gasteiger partial charge < -0.3 is 0 Å². The van der Waals surface area contributed by atoms with Crippen molar-refractivity contribution in [3.63, 3.8) is 0 Å². The zero-order valence-electron chi connectivity index (χ0n) is 28.1. The van der Waals surface area contributed by atoms with Crippen LogP contribution in [0.25, 0.3) is 82.9 Å². The first-order valence-corrected chi connectivity index (χ1v) is 17.9. The quantitative estimate of drug-likeness (QED) is 0.189. The van der Waals surface area contributed by atoms with Gasteiger partial charge in [-0.15, -0.1) is 0 Å². The minimum atomic E-state index is -0.493. The predicted molar refractivity (Wildman–Crippen MR) is 213 cm³/mol. The van der Waals surface area contributed by atoms with E-state index in [4.69, 9.17) is 9.97 Å². The number of hydrogen-bond donors (Lipinski definition) is 0. The van der Waals surface area contributed by atoms with Gasteiger partial charge >= 0.3 is 0 Å². The summed E-state index contributed by atoms with van der Waals surface area (Å²) in [6, 6.07) is 64.0. The molecule has 10 aromatic rings. The molecular weight excluding hydrogens is 631 g/mol. The third kappa shape index (κ3) is 3.40. The maximum Gasteiger partial charge on any atom is 0.235 e. The first-order chi connectivity index (χ1) is 25.8. The van der Waals surface area contributed by atoms with Crippen LogP contribution in [0.4, 0.5) is 0 Å². The second-order valence-electron chi connectivity index (χ2n) is 14.0. The average Bonchev–Trinajstić information content (AvgIpc) is 3.71. The van der Waals surface area contributed by atoms with E-state index in [9.17, 15) is 0 Å². The van der Waals surface area contributed by atoms with Crippen LogP contribution in [0.1, 0.15) is 22.3 Å². The highest BCUT2D eigenvalue weighted by Gasteiger charge is 2.50. The van der Waals surface area contributed by atoms with Gasteiger partial charge in [0, 0.05) is 21.7 Å². The van der Waals surface area contributed by atoms with Gasteiger partial charge in [0.05, 0.1) is 27.7 Å². The molecule has 2 aliphatic carbocycles. The molecule has 0 bridgehead atoms. The number of fused-ring (bicyclic) bond motifs is 8. The van der Waals surface area contributed by atoms with Crippen LogP contribution < -0.4 is 0 Å². The molecule has 0 saturated heterocycles. The molecule has 0 amide bonds. The Morgan fingerprint density at radius 2 is 0.962 bits per heavy atom. The highest BCUT2D eigenvalue weighted by atomic mass is 15.2. The highest BCUT2D eigenvalue weighted by molar-refractivity contribution is 6.28. The Labute approximate surface area is 300 Å². The van der Waals surface area contributed by atoms with Gasteiger partial charge in [-0.25, -0.2) is 9.97 Å². The monoisotopic (exact) mass is 659 g/mol. The fraction of sp³-hybridized carbons (Fsp3) is 0.0204. The maximum atomic E-state index is 5.46. The van der Waals surface area contributed by atoms with Crippen LogP contribution >= 0.6 is 0 Å². The number of rotatable bonds is 3. The van der Waals surface area contributed by atoms with E-state index in [-0.39, 0.29) is 0 Å². The summed E-state index contributed by atoms with van der Waals surface area (Å²) in [6.07, 6.45) is 0. The minimum Gasteiger partial charge on any atom is -0.278 e. The molecule has 2 aromatic heterocycles. The molecule has 0 radical (unpaired) electrons. The van der Waals surface area contributed by atoms with Crippen molar-refractivity contribution in [2.45, 2.75) is 5.41 Å². The molecule has 0 aliphatic heterocycles. The van der Waals surface area contributed by atoms with Crippen LogP contribution in [0.5, 0.6) is 0 Å². The number of nitrogens with zero attached hydrogens (tertiary/aromatic N) is 3. The lowest BCUT2D eigenvalue weighted by molar-refractivity contribution is 0.783. The van der Waals surface area contributed by atoms with Crippen LogP contribution in [-0.4, -0.2) is 14.5 Å². The Morgan fingerprint density at radius 1 is 0.385 bits per heavy atom. The van der Waals surface area contributed by atoms with E-state index in [2.05, 4.69) is 180 Å². The molecule has 2 heterocycles. The Kier molecular flexibility index (Phi) is 5.43. The molecule has 0 atom stereocenters. The van der Waals surface area contributed by atoms with Crippen molar-refractivity contribution in [3.8, 4) is 39.5 Å². The van der Waals surface area contributed by atoms with Crippen LogP contribution in [0.15, 0.2) is 176 Å². The van der Waals surface area contributed by atoms with E-state index < -0.39 is 5.41 Å². The lowest BCUT2D eigenvalue weighted by Gasteiger charge is -2.38. The standard InChI is InChI=1S/C49H29N3/c1-3-15-30(16-4-1)36-29-43-46-44-34(36)22-13-25-39(44)49(37-23-10-7-19-32(37)33-20-8-11-24-38(33)49)40-26-14-28-42(45(40)46)52(43)48-50-41-27-12-9-21-35(41)47(51-48)31-17-5-2-6-18-31/h1-29H. The summed E-state index contributed by atoms with van der Waals surface area (Å²) in [5.74, 6) is 0.675. The van der Waals surface area contributed by atoms with Gasteiger partial charge in [-0.1, -0.05) is 158 Å². The molecule has 52 heavy (non-hydrogen) atoms. The molecule has 0 saturated carbocycles. The average molecular weight is 660 g/mol. The van der Waals surface area contributed by atoms with Crippen molar-refractivity contribution in [2.75, 3.05) is 0 Å². The molecule has 0 unspecified atom stereocenters. The molecule has 240 valence electrons. The van der Waals surface area contributed by atoms with E-state index in [0.717, 1.165) is 33.2 Å². The van der Waals surface area contributed by atoms with E-state index in [1.807, 2.05) is 0 Å². The zero-order valence-corrected chi connectivity index (χ0v) is 28.1. The van der Waals surface area contributed by atoms with Crippen molar-refractivity contribution < 1.29 is 0 Å². The van der Waals surface area contributed by atoms with Gasteiger partial charge in [0.1, 0.15) is 0 Å². The van der Waals surface area contributed by atoms with Crippen molar-refractivity contribution in [1.29, 1.82) is 0 Å². The summed E-state index contributed by atoms with van der Waals surface area (Å²) in [5.41, 5.74) is 15.0. The van der Waals surface area contributed by atoms with E-state index in [1.165, 1.54) is 66.1 Å². The van der Waals surface area contributed by atoms with Crippen LogP contribution in [0.3, 0.4) is 0 Å². The Bertz CT molecular complexity index is 3070. The second-order valence-corrected chi connectivity index (χ2v) is 14.0. The smallest absolute Gasteiger partial charge is 0.235 e. The van der Waals surface area contributed by atoms with Crippen LogP contribution in [-0.2, 0) is 5.41 Å². The summed E-state index contributed by atoms with van der Waals surface area (Å²) in [7, 11) is 0. The molecule has 0 fully saturated rings. The van der Waals surface area contributed by atoms with Gasteiger partial charge in [0.15, 0.2) is 0 Å². The summed E-state index contributed by atoms with van der Waals surface area (Å²) >= 11 is 0. The van der Waals surface area contributed by atoms with Gasteiger partial charge in [-0.2, -0.15) is 0 Å². The third-order valence-corrected chi connectivity index (χ3v) is 11.6. The minimum absolute atomic E-state index is 0.493. The maximum absolute atomic E-state index is 5.46. The van der Waals surface area contributed by atoms with Gasteiger partial charge in [-0.3, -0.25) is 4.57 Å². The topological polar surface area (TPSA) is 30.7 Å². The van der Waals surface area contributed by atoms with Gasteiger partial charge in [-0.05, 0) is 73.5 Å². The van der Waals surface area contributed by atoms with Crippen molar-refractivity contribution in [3.05, 3.63) is 198 Å². The summed E-state index contributed by atoms with van der Waals surface area (Å²) < 4.78 is 2.33. The van der Waals surface area contributed by atoms with E-state index in [1.54, 1.807) is 0 Å². The van der Waals surface area contributed by atoms with Crippen LogP contribution in [0, 0.1) is 0 Å². The Morgan fingerprint density at radius 3 is 1.71 bits per heavy atom. The van der Waals surface area contributed by atoms with Gasteiger partial charge in [0.2, 0.25) is 5.95 Å². The zero-order chi connectivity index (χ0) is 34.0. The van der Waals surface area contributed by atoms with Crippen molar-refractivity contribution >= 4 is 43.5 Å². The molecule has 3 nitrogen and oxygen atoms in total. The molecule has 2 aliphatic rings. The fourth-order valence-electron chi connectivity index (χ4n) is 9.65. The van der Waals surface area contributed by atoms with E-state index in [0.29, 0.717) is 5.95 Å². The molecule has 3 heteroatoms. The SMILES string of the molecule is c1ccc(-c2nc(-n3c4cccc5c4c4c6c(cccc6c(-c6ccccc6)cc43)C53c4ccccc4-c4ccccc43)nc3ccccc23)cc1. The molecule has 12 rings (SSSR count). The number of benzene rings is 8. The molecule has 8 aromatic carbocycles. The first kappa shape index (κ1) is 27.9. The normalized spacial score (nSPS) is 13.5. The summed E-state index contributed by atoms with van der Waals surface area (Å²) in [5, 5.41) is 6.14. The lowest BCUT2D eigenvalue weighted by atomic mass is 9.63. The third-order valence-electron chi connectivity index (χ3n) is 11.6. The molecule has 1 spiro atoms. The fourth-order valence-corrected chi connectivity index (χ4v) is 9.65. The van der Waals surface area contributed by atoms with Gasteiger partial charge in [0.25, 0.3) is 0 Å². The van der Waals surface area contributed by atoms with Crippen molar-refractivity contribution in [2.24, 2.45) is 0 Å². The Hall–Kier alpha value is -6.84. The summed E-state index contributed by atoms with van der Waals surface area (Å²) in [4.78, 5) is 10.8. The largest absolute Gasteiger partial charge is 0.278 e.